The minimum atomic E-state index is -0.562. The molecule has 1 atom stereocenters. The van der Waals surface area contributed by atoms with Gasteiger partial charge in [-0.2, -0.15) is 4.98 Å². The number of hydrogen-bond donors (Lipinski definition) is 1. The van der Waals surface area contributed by atoms with Crippen LogP contribution in [-0.2, 0) is 15.3 Å². The van der Waals surface area contributed by atoms with Crippen LogP contribution in [0.4, 0.5) is 5.95 Å². The van der Waals surface area contributed by atoms with E-state index in [2.05, 4.69) is 43.5 Å². The van der Waals surface area contributed by atoms with E-state index in [1.807, 2.05) is 25.1 Å². The summed E-state index contributed by atoms with van der Waals surface area (Å²) in [6.45, 7) is 1.81. The van der Waals surface area contributed by atoms with Crippen LogP contribution in [0.5, 0.6) is 0 Å². The Morgan fingerprint density at radius 1 is 1.32 bits per heavy atom. The average molecular weight is 461 g/mol. The van der Waals surface area contributed by atoms with Crippen LogP contribution in [0.2, 0.25) is 0 Å². The van der Waals surface area contributed by atoms with Gasteiger partial charge in [-0.3, -0.25) is 0 Å². The van der Waals surface area contributed by atoms with E-state index < -0.39 is 12.0 Å². The molecule has 4 rings (SSSR count). The number of allylic oxidation sites excluding steroid dienone is 1. The van der Waals surface area contributed by atoms with Crippen molar-refractivity contribution in [1.29, 1.82) is 0 Å². The number of nitrogens with one attached hydrogen (secondary N) is 1. The zero-order valence-corrected chi connectivity index (χ0v) is 17.6. The quantitative estimate of drug-likeness (QED) is 0.446. The molecule has 2 aromatic heterocycles. The summed E-state index contributed by atoms with van der Waals surface area (Å²) in [5.41, 5.74) is 2.27. The Morgan fingerprint density at radius 3 is 2.79 bits per heavy atom. The van der Waals surface area contributed by atoms with Crippen LogP contribution in [0.15, 0.2) is 68.0 Å². The number of carbonyl (C=O) groups is 1. The van der Waals surface area contributed by atoms with Crippen molar-refractivity contribution in [1.82, 2.24) is 14.8 Å². The highest BCUT2D eigenvalue weighted by molar-refractivity contribution is 9.10. The molecule has 3 aromatic rings. The van der Waals surface area contributed by atoms with E-state index in [9.17, 15) is 4.79 Å². The van der Waals surface area contributed by atoms with Crippen LogP contribution < -0.4 is 5.32 Å². The van der Waals surface area contributed by atoms with E-state index in [0.29, 0.717) is 32.8 Å². The molecule has 0 saturated heterocycles. The molecule has 0 radical (unpaired) electrons. The van der Waals surface area contributed by atoms with Crippen LogP contribution in [0.1, 0.15) is 24.3 Å². The van der Waals surface area contributed by atoms with Crippen molar-refractivity contribution in [2.45, 2.75) is 23.9 Å². The smallest absolute Gasteiger partial charge is 0.338 e. The molecule has 0 aliphatic carbocycles. The highest BCUT2D eigenvalue weighted by atomic mass is 79.9. The molecule has 0 fully saturated rings. The number of hydrogen-bond acceptors (Lipinski definition) is 7. The zero-order chi connectivity index (χ0) is 19.7. The number of esters is 1. The summed E-state index contributed by atoms with van der Waals surface area (Å²) in [4.78, 5) is 17.0. The van der Waals surface area contributed by atoms with Crippen molar-refractivity contribution < 1.29 is 13.9 Å². The Bertz CT molecular complexity index is 1040. The monoisotopic (exact) mass is 460 g/mol. The normalized spacial score (nSPS) is 15.9. The fourth-order valence-corrected chi connectivity index (χ4v) is 4.13. The second kappa shape index (κ2) is 7.84. The van der Waals surface area contributed by atoms with Gasteiger partial charge >= 0.3 is 5.97 Å². The standard InChI is InChI=1S/C19H17BrN4O3S/c1-11-15(17(25)26-2)16(13-8-9-14(20)27-13)24-18(21-11)22-19(23-24)28-10-12-6-4-3-5-7-12/h3-9,16H,10H2,1-2H3,(H,21,22,23). The van der Waals surface area contributed by atoms with Crippen LogP contribution in [-0.4, -0.2) is 27.8 Å². The van der Waals surface area contributed by atoms with Crippen molar-refractivity contribution >= 4 is 39.6 Å². The molecule has 1 aliphatic rings. The average Bonchev–Trinajstić information content (AvgIpc) is 3.31. The molecule has 1 aromatic carbocycles. The molecule has 3 heterocycles. The molecule has 144 valence electrons. The fourth-order valence-electron chi connectivity index (χ4n) is 3.03. The first-order valence-corrected chi connectivity index (χ1v) is 10.3. The predicted octanol–water partition coefficient (Wildman–Crippen LogP) is 4.39. The summed E-state index contributed by atoms with van der Waals surface area (Å²) >= 11 is 4.85. The first-order chi connectivity index (χ1) is 13.6. The number of fused-ring (bicyclic) bond motifs is 1. The van der Waals surface area contributed by atoms with Crippen molar-refractivity contribution in [2.75, 3.05) is 12.4 Å². The molecule has 0 bridgehead atoms. The Labute approximate surface area is 174 Å². The van der Waals surface area contributed by atoms with E-state index in [4.69, 9.17) is 9.15 Å². The number of ether oxygens (including phenoxy) is 1. The minimum absolute atomic E-state index is 0.432. The SMILES string of the molecule is COC(=O)C1=C(C)Nc2nc(SCc3ccccc3)nn2C1c1ccc(Br)o1. The summed E-state index contributed by atoms with van der Waals surface area (Å²) < 4.78 is 13.0. The lowest BCUT2D eigenvalue weighted by Crippen LogP contribution is -2.29. The summed E-state index contributed by atoms with van der Waals surface area (Å²) in [6, 6.07) is 13.1. The van der Waals surface area contributed by atoms with Crippen molar-refractivity contribution in [2.24, 2.45) is 0 Å². The highest BCUT2D eigenvalue weighted by Gasteiger charge is 2.36. The van der Waals surface area contributed by atoms with E-state index in [-0.39, 0.29) is 0 Å². The predicted molar refractivity (Wildman–Crippen MR) is 109 cm³/mol. The number of rotatable bonds is 5. The summed E-state index contributed by atoms with van der Waals surface area (Å²) in [5.74, 6) is 1.43. The number of nitrogens with zero attached hydrogens (tertiary/aromatic N) is 3. The van der Waals surface area contributed by atoms with Gasteiger partial charge < -0.3 is 14.5 Å². The van der Waals surface area contributed by atoms with Gasteiger partial charge in [0, 0.05) is 11.4 Å². The van der Waals surface area contributed by atoms with E-state index >= 15 is 0 Å². The van der Waals surface area contributed by atoms with Gasteiger partial charge in [0.2, 0.25) is 11.1 Å². The number of furan rings is 1. The van der Waals surface area contributed by atoms with Crippen molar-refractivity contribution in [3.8, 4) is 0 Å². The van der Waals surface area contributed by atoms with Crippen molar-refractivity contribution in [3.63, 3.8) is 0 Å². The van der Waals surface area contributed by atoms with E-state index in [1.54, 1.807) is 16.8 Å². The minimum Gasteiger partial charge on any atom is -0.466 e. The van der Waals surface area contributed by atoms with Gasteiger partial charge in [0.15, 0.2) is 4.67 Å². The molecule has 0 amide bonds. The van der Waals surface area contributed by atoms with Crippen LogP contribution in [0.25, 0.3) is 0 Å². The van der Waals surface area contributed by atoms with Crippen molar-refractivity contribution in [3.05, 3.63) is 69.7 Å². The van der Waals surface area contributed by atoms with E-state index in [1.165, 1.54) is 24.4 Å². The number of thioether (sulfide) groups is 1. The Balaban J connectivity index is 1.69. The van der Waals surface area contributed by atoms with Gasteiger partial charge in [-0.25, -0.2) is 9.48 Å². The van der Waals surface area contributed by atoms with Gasteiger partial charge in [-0.15, -0.1) is 5.10 Å². The molecular weight excluding hydrogens is 444 g/mol. The van der Waals surface area contributed by atoms with Gasteiger partial charge in [-0.1, -0.05) is 42.1 Å². The summed E-state index contributed by atoms with van der Waals surface area (Å²) in [6.07, 6.45) is 0. The number of halogens is 1. The third-order valence-electron chi connectivity index (χ3n) is 4.31. The number of methoxy groups -OCH3 is 1. The lowest BCUT2D eigenvalue weighted by molar-refractivity contribution is -0.136. The number of benzene rings is 1. The molecule has 0 saturated carbocycles. The van der Waals surface area contributed by atoms with Gasteiger partial charge in [-0.05, 0) is 40.5 Å². The molecule has 28 heavy (non-hydrogen) atoms. The number of carbonyl (C=O) groups excluding carboxylic acids is 1. The third-order valence-corrected chi connectivity index (χ3v) is 5.65. The second-order valence-corrected chi connectivity index (χ2v) is 7.86. The lowest BCUT2D eigenvalue weighted by Gasteiger charge is -2.25. The third kappa shape index (κ3) is 3.59. The molecule has 1 N–H and O–H groups in total. The Kier molecular flexibility index (Phi) is 5.27. The molecule has 0 spiro atoms. The topological polar surface area (TPSA) is 82.2 Å². The molecule has 9 heteroatoms. The Morgan fingerprint density at radius 2 is 2.11 bits per heavy atom. The van der Waals surface area contributed by atoms with Crippen LogP contribution in [0.3, 0.4) is 0 Å². The maximum Gasteiger partial charge on any atom is 0.338 e. The molecular formula is C19H17BrN4O3S. The van der Waals surface area contributed by atoms with Crippen LogP contribution in [0, 0.1) is 0 Å². The first-order valence-electron chi connectivity index (χ1n) is 8.51. The second-order valence-electron chi connectivity index (χ2n) is 6.14. The number of aromatic nitrogens is 3. The van der Waals surface area contributed by atoms with Crippen LogP contribution >= 0.6 is 27.7 Å². The maximum absolute atomic E-state index is 12.5. The van der Waals surface area contributed by atoms with E-state index in [0.717, 1.165) is 5.75 Å². The van der Waals surface area contributed by atoms with Gasteiger partial charge in [0.25, 0.3) is 0 Å². The molecule has 1 aliphatic heterocycles. The fraction of sp³-hybridized carbons (Fsp3) is 0.211. The molecule has 1 unspecified atom stereocenters. The maximum atomic E-state index is 12.5. The first kappa shape index (κ1) is 18.8. The summed E-state index contributed by atoms with van der Waals surface area (Å²) in [7, 11) is 1.36. The number of anilines is 1. The lowest BCUT2D eigenvalue weighted by atomic mass is 10.0. The highest BCUT2D eigenvalue weighted by Crippen LogP contribution is 2.38. The zero-order valence-electron chi connectivity index (χ0n) is 15.2. The largest absolute Gasteiger partial charge is 0.466 e. The van der Waals surface area contributed by atoms with Gasteiger partial charge in [0.05, 0.1) is 12.7 Å². The summed E-state index contributed by atoms with van der Waals surface area (Å²) in [5, 5.41) is 8.39. The Hall–Kier alpha value is -2.52. The van der Waals surface area contributed by atoms with Gasteiger partial charge in [0.1, 0.15) is 11.8 Å². The molecule has 7 nitrogen and oxygen atoms in total.